The number of hydrogen-bond donors (Lipinski definition) is 3. The number of nitrogens with one attached hydrogen (secondary N) is 2. The van der Waals surface area contributed by atoms with Crippen molar-refractivity contribution in [3.63, 3.8) is 0 Å². The van der Waals surface area contributed by atoms with Crippen LogP contribution in [-0.2, 0) is 13.6 Å². The molecule has 230 valence electrons. The van der Waals surface area contributed by atoms with Crippen LogP contribution in [0, 0.1) is 12.7 Å². The minimum atomic E-state index is -0.743. The Morgan fingerprint density at radius 2 is 1.86 bits per heavy atom. The number of aryl methyl sites for hydroxylation is 2. The Morgan fingerprint density at radius 3 is 2.61 bits per heavy atom. The van der Waals surface area contributed by atoms with Gasteiger partial charge < -0.3 is 20.5 Å². The molecule has 0 spiro atoms. The molecule has 4 aromatic rings. The molecule has 0 bridgehead atoms. The first-order valence-corrected chi connectivity index (χ1v) is 14.9. The minimum Gasteiger partial charge on any atom is -0.481 e. The van der Waals surface area contributed by atoms with Gasteiger partial charge in [0, 0.05) is 41.9 Å². The van der Waals surface area contributed by atoms with Crippen LogP contribution in [0.2, 0.25) is 10.0 Å². The van der Waals surface area contributed by atoms with Crippen molar-refractivity contribution in [3.05, 3.63) is 91.6 Å². The van der Waals surface area contributed by atoms with Gasteiger partial charge in [0.1, 0.15) is 11.4 Å². The highest BCUT2D eigenvalue weighted by Crippen LogP contribution is 2.42. The van der Waals surface area contributed by atoms with Crippen LogP contribution in [0.3, 0.4) is 0 Å². The summed E-state index contributed by atoms with van der Waals surface area (Å²) in [5.41, 5.74) is 2.20. The van der Waals surface area contributed by atoms with Gasteiger partial charge in [-0.3, -0.25) is 9.59 Å². The second kappa shape index (κ2) is 13.4. The number of aliphatic hydroxyl groups is 1. The zero-order valence-corrected chi connectivity index (χ0v) is 26.0. The van der Waals surface area contributed by atoms with Gasteiger partial charge in [-0.05, 0) is 43.5 Å². The quantitative estimate of drug-likeness (QED) is 0.219. The maximum atomic E-state index is 14.9. The van der Waals surface area contributed by atoms with Crippen molar-refractivity contribution >= 4 is 34.8 Å². The maximum absolute atomic E-state index is 14.9. The lowest BCUT2D eigenvalue weighted by Crippen LogP contribution is -2.41. The molecule has 2 aromatic carbocycles. The van der Waals surface area contributed by atoms with Crippen molar-refractivity contribution < 1.29 is 19.0 Å². The molecule has 1 unspecified atom stereocenters. The second-order valence-corrected chi connectivity index (χ2v) is 11.5. The number of aliphatic hydroxyl groups excluding tert-OH is 1. The number of methoxy groups -OCH3 is 1. The van der Waals surface area contributed by atoms with E-state index in [2.05, 4.69) is 20.7 Å². The first kappa shape index (κ1) is 31.6. The monoisotopic (exact) mass is 639 g/mol. The van der Waals surface area contributed by atoms with Crippen molar-refractivity contribution in [2.45, 2.75) is 51.3 Å². The average Bonchev–Trinajstić information content (AvgIpc) is 3.00. The number of halogens is 3. The Hall–Kier alpha value is -3.83. The van der Waals surface area contributed by atoms with Crippen molar-refractivity contribution in [1.82, 2.24) is 20.1 Å². The molecule has 2 heterocycles. The van der Waals surface area contributed by atoms with Crippen molar-refractivity contribution in [1.29, 1.82) is 0 Å². The number of rotatable bonds is 8. The van der Waals surface area contributed by atoms with E-state index in [4.69, 9.17) is 27.9 Å². The SMILES string of the molecule is COc1nc(-c2cccc(-c3cc(F)cc(NC(=O)c4c(C)cnn(C)c4=O)c3Cl)c2Cl)ccc1CNC1CCCC[C@@H]1O. The van der Waals surface area contributed by atoms with Crippen LogP contribution in [0.25, 0.3) is 22.4 Å². The average molecular weight is 641 g/mol. The smallest absolute Gasteiger partial charge is 0.279 e. The van der Waals surface area contributed by atoms with Crippen LogP contribution >= 0.6 is 23.2 Å². The number of hydrogen-bond acceptors (Lipinski definition) is 7. The van der Waals surface area contributed by atoms with E-state index in [-0.39, 0.29) is 39.0 Å². The number of amides is 1. The van der Waals surface area contributed by atoms with Gasteiger partial charge in [-0.15, -0.1) is 0 Å². The minimum absolute atomic E-state index is 0.0176. The van der Waals surface area contributed by atoms with Gasteiger partial charge in [-0.2, -0.15) is 5.10 Å². The molecule has 1 amide bonds. The summed E-state index contributed by atoms with van der Waals surface area (Å²) in [6.45, 7) is 2.06. The molecule has 12 heteroatoms. The van der Waals surface area contributed by atoms with Crippen molar-refractivity contribution in [2.75, 3.05) is 12.4 Å². The third kappa shape index (κ3) is 6.49. The van der Waals surface area contributed by atoms with Crippen LogP contribution in [0.5, 0.6) is 5.88 Å². The number of anilines is 1. The van der Waals surface area contributed by atoms with Gasteiger partial charge in [0.2, 0.25) is 5.88 Å². The van der Waals surface area contributed by atoms with E-state index in [0.717, 1.165) is 42.0 Å². The van der Waals surface area contributed by atoms with Crippen LogP contribution in [0.4, 0.5) is 10.1 Å². The summed E-state index contributed by atoms with van der Waals surface area (Å²) in [5, 5.41) is 20.5. The largest absolute Gasteiger partial charge is 0.481 e. The van der Waals surface area contributed by atoms with Gasteiger partial charge in [0.15, 0.2) is 0 Å². The molecule has 1 aliphatic rings. The van der Waals surface area contributed by atoms with E-state index < -0.39 is 17.3 Å². The zero-order valence-electron chi connectivity index (χ0n) is 24.5. The Morgan fingerprint density at radius 1 is 1.11 bits per heavy atom. The molecule has 2 aromatic heterocycles. The predicted molar refractivity (Wildman–Crippen MR) is 169 cm³/mol. The number of aromatic nitrogens is 3. The lowest BCUT2D eigenvalue weighted by atomic mass is 9.92. The van der Waals surface area contributed by atoms with Crippen LogP contribution in [0.15, 0.2) is 53.5 Å². The molecule has 1 fully saturated rings. The van der Waals surface area contributed by atoms with Crippen molar-refractivity contribution in [2.24, 2.45) is 7.05 Å². The van der Waals surface area contributed by atoms with E-state index in [0.29, 0.717) is 34.8 Å². The zero-order chi connectivity index (χ0) is 31.5. The number of ether oxygens (including phenoxy) is 1. The molecule has 0 saturated heterocycles. The molecule has 9 nitrogen and oxygen atoms in total. The summed E-state index contributed by atoms with van der Waals surface area (Å²) in [6.07, 6.45) is 4.82. The second-order valence-electron chi connectivity index (χ2n) is 10.8. The highest BCUT2D eigenvalue weighted by atomic mass is 35.5. The van der Waals surface area contributed by atoms with E-state index in [9.17, 15) is 19.1 Å². The highest BCUT2D eigenvalue weighted by Gasteiger charge is 2.24. The molecule has 5 rings (SSSR count). The highest BCUT2D eigenvalue weighted by molar-refractivity contribution is 6.39. The number of benzene rings is 2. The summed E-state index contributed by atoms with van der Waals surface area (Å²) < 4.78 is 21.5. The number of pyridine rings is 1. The third-order valence-corrected chi connectivity index (χ3v) is 8.64. The molecule has 1 saturated carbocycles. The fraction of sp³-hybridized carbons (Fsp3) is 0.312. The Bertz CT molecular complexity index is 1780. The lowest BCUT2D eigenvalue weighted by Gasteiger charge is -2.28. The van der Waals surface area contributed by atoms with Crippen LogP contribution in [0.1, 0.15) is 47.2 Å². The standard InChI is InChI=1S/C32H32Cl2FN5O4/c1-17-15-37-40(2)32(43)27(17)30(42)38-25-14-19(35)13-22(29(25)34)20-7-6-8-21(28(20)33)23-12-11-18(31(39-23)44-3)16-36-24-9-4-5-10-26(24)41/h6-8,11-15,24,26,36,41H,4-5,9-10,16H2,1-3H3,(H,38,42)/t24?,26-/m0/s1. The fourth-order valence-electron chi connectivity index (χ4n) is 5.42. The van der Waals surface area contributed by atoms with Gasteiger partial charge in [-0.1, -0.05) is 60.3 Å². The molecular formula is C32H32Cl2FN5O4. The predicted octanol–water partition coefficient (Wildman–Crippen LogP) is 5.92. The first-order valence-electron chi connectivity index (χ1n) is 14.2. The Labute approximate surface area is 264 Å². The van der Waals surface area contributed by atoms with Gasteiger partial charge in [0.05, 0.1) is 40.8 Å². The van der Waals surface area contributed by atoms with Crippen LogP contribution < -0.4 is 20.9 Å². The van der Waals surface area contributed by atoms with E-state index in [1.54, 1.807) is 25.1 Å². The fourth-order valence-corrected chi connectivity index (χ4v) is 6.00. The van der Waals surface area contributed by atoms with Crippen molar-refractivity contribution in [3.8, 4) is 28.3 Å². The maximum Gasteiger partial charge on any atom is 0.279 e. The molecule has 2 atom stereocenters. The van der Waals surface area contributed by atoms with Crippen LogP contribution in [-0.4, -0.2) is 45.0 Å². The lowest BCUT2D eigenvalue weighted by molar-refractivity contribution is 0.0901. The number of nitrogens with zero attached hydrogens (tertiary/aromatic N) is 3. The molecule has 44 heavy (non-hydrogen) atoms. The summed E-state index contributed by atoms with van der Waals surface area (Å²) >= 11 is 13.6. The molecule has 0 radical (unpaired) electrons. The summed E-state index contributed by atoms with van der Waals surface area (Å²) in [4.78, 5) is 30.3. The summed E-state index contributed by atoms with van der Waals surface area (Å²) in [6, 6.07) is 11.2. The Balaban J connectivity index is 1.45. The summed E-state index contributed by atoms with van der Waals surface area (Å²) in [7, 11) is 2.97. The van der Waals surface area contributed by atoms with Gasteiger partial charge in [0.25, 0.3) is 11.5 Å². The topological polar surface area (TPSA) is 118 Å². The number of carbonyl (C=O) groups excluding carboxylic acids is 1. The third-order valence-electron chi connectivity index (χ3n) is 7.82. The van der Waals surface area contributed by atoms with E-state index >= 15 is 0 Å². The van der Waals surface area contributed by atoms with E-state index in [1.165, 1.54) is 26.4 Å². The molecule has 1 aliphatic carbocycles. The normalized spacial score (nSPS) is 16.5. The van der Waals surface area contributed by atoms with E-state index in [1.807, 2.05) is 12.1 Å². The number of carbonyl (C=O) groups is 1. The summed E-state index contributed by atoms with van der Waals surface area (Å²) in [5.74, 6) is -0.999. The molecular weight excluding hydrogens is 608 g/mol. The molecule has 3 N–H and O–H groups in total. The van der Waals surface area contributed by atoms with Gasteiger partial charge >= 0.3 is 0 Å². The first-order chi connectivity index (χ1) is 21.1. The Kier molecular flexibility index (Phi) is 9.65. The molecule has 0 aliphatic heterocycles. The van der Waals surface area contributed by atoms with Gasteiger partial charge in [-0.25, -0.2) is 14.1 Å².